The lowest BCUT2D eigenvalue weighted by molar-refractivity contribution is -0.119. The monoisotopic (exact) mass is 305 g/mol. The molecule has 0 heterocycles. The molecule has 0 fully saturated rings. The molecule has 1 unspecified atom stereocenters. The van der Waals surface area contributed by atoms with Crippen molar-refractivity contribution in [2.45, 2.75) is 31.2 Å². The summed E-state index contributed by atoms with van der Waals surface area (Å²) in [7, 11) is -3.86. The second kappa shape index (κ2) is 6.38. The summed E-state index contributed by atoms with van der Waals surface area (Å²) in [6.07, 6.45) is 0.323. The predicted molar refractivity (Wildman–Crippen MR) is 71.8 cm³/mol. The Labute approximate surface area is 116 Å². The minimum Gasteiger partial charge on any atom is -0.320 e. The van der Waals surface area contributed by atoms with E-state index in [4.69, 9.17) is 10.9 Å². The third kappa shape index (κ3) is 4.32. The van der Waals surface area contributed by atoms with Crippen molar-refractivity contribution in [1.82, 2.24) is 0 Å². The second-order valence-electron chi connectivity index (χ2n) is 4.81. The molecular weight excluding hydrogens is 288 g/mol. The molecule has 0 aromatic heterocycles. The van der Waals surface area contributed by atoms with Gasteiger partial charge in [-0.2, -0.15) is 0 Å². The van der Waals surface area contributed by atoms with E-state index >= 15 is 0 Å². The van der Waals surface area contributed by atoms with Gasteiger partial charge in [-0.05, 0) is 30.5 Å². The molecule has 1 aromatic carbocycles. The molecule has 0 spiro atoms. The molecule has 0 bridgehead atoms. The normalized spacial score (nSPS) is 15.8. The maximum atomic E-state index is 13.5. The number of halogens is 2. The maximum Gasteiger partial charge on any atom is 0.271 e. The maximum absolute atomic E-state index is 13.5. The average Bonchev–Trinajstić information content (AvgIpc) is 2.30. The van der Waals surface area contributed by atoms with Crippen LogP contribution in [-0.2, 0) is 14.7 Å². The Balaban J connectivity index is 3.15. The minimum absolute atomic E-state index is 0.129. The molecule has 5 nitrogen and oxygen atoms in total. The van der Waals surface area contributed by atoms with Crippen LogP contribution in [0.25, 0.3) is 0 Å². The van der Waals surface area contributed by atoms with Crippen LogP contribution < -0.4 is 10.9 Å². The molecule has 2 atom stereocenters. The molecule has 0 aliphatic carbocycles. The van der Waals surface area contributed by atoms with Crippen LogP contribution in [0.3, 0.4) is 0 Å². The molecule has 20 heavy (non-hydrogen) atoms. The van der Waals surface area contributed by atoms with Gasteiger partial charge in [0, 0.05) is 0 Å². The van der Waals surface area contributed by atoms with Crippen LogP contribution in [0.5, 0.6) is 0 Å². The number of nitrogens with zero attached hydrogens (tertiary/aromatic N) is 1. The van der Waals surface area contributed by atoms with E-state index in [1.165, 1.54) is 0 Å². The summed E-state index contributed by atoms with van der Waals surface area (Å²) in [6.45, 7) is 3.69. The van der Waals surface area contributed by atoms with E-state index in [-0.39, 0.29) is 5.92 Å². The van der Waals surface area contributed by atoms with Crippen LogP contribution in [0.15, 0.2) is 27.5 Å². The summed E-state index contributed by atoms with van der Waals surface area (Å²) < 4.78 is 41.9. The Kier molecular flexibility index (Phi) is 5.32. The lowest BCUT2D eigenvalue weighted by Crippen LogP contribution is -2.32. The highest BCUT2D eigenvalue weighted by Gasteiger charge is 2.20. The summed E-state index contributed by atoms with van der Waals surface area (Å²) in [5, 5.41) is 5.36. The van der Waals surface area contributed by atoms with E-state index in [0.717, 1.165) is 12.1 Å². The van der Waals surface area contributed by atoms with Gasteiger partial charge in [-0.1, -0.05) is 13.8 Å². The highest BCUT2D eigenvalue weighted by Crippen LogP contribution is 2.16. The Morgan fingerprint density at radius 2 is 2.00 bits per heavy atom. The molecule has 1 amide bonds. The predicted octanol–water partition coefficient (Wildman–Crippen LogP) is 1.57. The number of benzene rings is 1. The van der Waals surface area contributed by atoms with Gasteiger partial charge in [-0.3, -0.25) is 4.79 Å². The van der Waals surface area contributed by atoms with Gasteiger partial charge < -0.3 is 5.73 Å². The quantitative estimate of drug-likeness (QED) is 0.883. The molecule has 1 rings (SSSR count). The number of carbonyl (C=O) groups excluding carboxylic acids is 1. The molecule has 112 valence electrons. The molecule has 4 N–H and O–H groups in total. The van der Waals surface area contributed by atoms with E-state index in [0.29, 0.717) is 12.5 Å². The molecule has 0 aliphatic rings. The van der Waals surface area contributed by atoms with E-state index in [1.54, 1.807) is 0 Å². The Bertz CT molecular complexity index is 625. The van der Waals surface area contributed by atoms with Gasteiger partial charge in [0.05, 0.1) is 6.04 Å². The average molecular weight is 305 g/mol. The summed E-state index contributed by atoms with van der Waals surface area (Å²) >= 11 is 0. The van der Waals surface area contributed by atoms with Gasteiger partial charge in [0.1, 0.15) is 26.4 Å². The first-order chi connectivity index (χ1) is 9.13. The molecule has 0 saturated heterocycles. The Morgan fingerprint density at radius 3 is 2.55 bits per heavy atom. The van der Waals surface area contributed by atoms with Gasteiger partial charge in [-0.15, -0.1) is 4.36 Å². The van der Waals surface area contributed by atoms with E-state index in [9.17, 15) is 17.8 Å². The van der Waals surface area contributed by atoms with E-state index in [1.807, 2.05) is 13.8 Å². The van der Waals surface area contributed by atoms with Gasteiger partial charge in [0.25, 0.3) is 5.91 Å². The second-order valence-corrected chi connectivity index (χ2v) is 6.57. The van der Waals surface area contributed by atoms with Crippen LogP contribution in [0.2, 0.25) is 0 Å². The summed E-state index contributed by atoms with van der Waals surface area (Å²) in [4.78, 5) is 11.0. The zero-order chi connectivity index (χ0) is 15.5. The first kappa shape index (κ1) is 16.7. The SMILES string of the molecule is CC(C)C[C@H](N)C(=O)N=S(N)(=O)c1cc(F)ccc1F. The van der Waals surface area contributed by atoms with Gasteiger partial charge >= 0.3 is 0 Å². The van der Waals surface area contributed by atoms with Crippen molar-refractivity contribution in [3.63, 3.8) is 0 Å². The largest absolute Gasteiger partial charge is 0.320 e. The number of rotatable bonds is 4. The zero-order valence-corrected chi connectivity index (χ0v) is 12.0. The van der Waals surface area contributed by atoms with Crippen molar-refractivity contribution in [3.05, 3.63) is 29.8 Å². The fourth-order valence-electron chi connectivity index (χ4n) is 1.56. The Morgan fingerprint density at radius 1 is 1.40 bits per heavy atom. The number of amides is 1. The van der Waals surface area contributed by atoms with Crippen LogP contribution in [0.4, 0.5) is 8.78 Å². The first-order valence-electron chi connectivity index (χ1n) is 5.93. The van der Waals surface area contributed by atoms with Crippen molar-refractivity contribution in [2.24, 2.45) is 21.2 Å². The fourth-order valence-corrected chi connectivity index (χ4v) is 2.69. The van der Waals surface area contributed by atoms with Gasteiger partial charge in [0.2, 0.25) is 0 Å². The van der Waals surface area contributed by atoms with Crippen LogP contribution >= 0.6 is 0 Å². The standard InChI is InChI=1S/C12H17F2N3O2S/c1-7(2)5-10(15)12(18)17-20(16,19)11-6-8(13)3-4-9(11)14/h3-4,6-7,10H,5,15H2,1-2H3,(H2,16,17,18,19)/t10-,20?/m0/s1. The lowest BCUT2D eigenvalue weighted by atomic mass is 10.0. The number of carbonyl (C=O) groups is 1. The third-order valence-corrected chi connectivity index (χ3v) is 3.87. The lowest BCUT2D eigenvalue weighted by Gasteiger charge is -2.11. The van der Waals surface area contributed by atoms with Crippen molar-refractivity contribution in [3.8, 4) is 0 Å². The van der Waals surface area contributed by atoms with Crippen molar-refractivity contribution in [2.75, 3.05) is 0 Å². The van der Waals surface area contributed by atoms with Crippen molar-refractivity contribution >= 4 is 15.8 Å². The number of nitrogens with two attached hydrogens (primary N) is 2. The molecule has 0 aliphatic heterocycles. The fraction of sp³-hybridized carbons (Fsp3) is 0.417. The van der Waals surface area contributed by atoms with Gasteiger partial charge in [-0.25, -0.2) is 18.1 Å². The smallest absolute Gasteiger partial charge is 0.271 e. The van der Waals surface area contributed by atoms with Crippen molar-refractivity contribution < 1.29 is 17.8 Å². The molecular formula is C12H17F2N3O2S. The molecule has 1 aromatic rings. The topological polar surface area (TPSA) is 98.5 Å². The summed E-state index contributed by atoms with van der Waals surface area (Å²) in [5.74, 6) is -2.58. The van der Waals surface area contributed by atoms with Gasteiger partial charge in [0.15, 0.2) is 0 Å². The van der Waals surface area contributed by atoms with E-state index in [2.05, 4.69) is 4.36 Å². The zero-order valence-electron chi connectivity index (χ0n) is 11.2. The summed E-state index contributed by atoms with van der Waals surface area (Å²) in [6, 6.07) is 1.30. The van der Waals surface area contributed by atoms with E-state index < -0.39 is 38.4 Å². The number of hydrogen-bond acceptors (Lipinski definition) is 3. The molecule has 0 saturated carbocycles. The van der Waals surface area contributed by atoms with Crippen LogP contribution in [-0.4, -0.2) is 16.2 Å². The highest BCUT2D eigenvalue weighted by atomic mass is 32.2. The first-order valence-corrected chi connectivity index (χ1v) is 7.50. The van der Waals surface area contributed by atoms with Crippen molar-refractivity contribution in [1.29, 1.82) is 0 Å². The molecule has 8 heteroatoms. The minimum atomic E-state index is -3.86. The number of hydrogen-bond donors (Lipinski definition) is 2. The van der Waals surface area contributed by atoms with Crippen LogP contribution in [0.1, 0.15) is 20.3 Å². The highest BCUT2D eigenvalue weighted by molar-refractivity contribution is 7.91. The van der Waals surface area contributed by atoms with Crippen LogP contribution in [0, 0.1) is 17.6 Å². The summed E-state index contributed by atoms with van der Waals surface area (Å²) in [5.41, 5.74) is 5.58. The molecule has 0 radical (unpaired) electrons. The Hall–Kier alpha value is -1.38. The third-order valence-electron chi connectivity index (χ3n) is 2.48.